The Labute approximate surface area is 139 Å². The highest BCUT2D eigenvalue weighted by Gasteiger charge is 2.52. The van der Waals surface area contributed by atoms with Crippen LogP contribution in [-0.2, 0) is 9.59 Å². The predicted octanol–water partition coefficient (Wildman–Crippen LogP) is 3.23. The quantitative estimate of drug-likeness (QED) is 0.922. The summed E-state index contributed by atoms with van der Waals surface area (Å²) in [4.78, 5) is 26.4. The molecule has 118 valence electrons. The molecule has 2 heterocycles. The van der Waals surface area contributed by atoms with Crippen LogP contribution in [0.15, 0.2) is 42.5 Å². The lowest BCUT2D eigenvalue weighted by atomic mass is 10.1. The lowest BCUT2D eigenvalue weighted by Gasteiger charge is -2.29. The summed E-state index contributed by atoms with van der Waals surface area (Å²) in [7, 11) is 0. The molecule has 2 aromatic carbocycles. The van der Waals surface area contributed by atoms with Crippen molar-refractivity contribution >= 4 is 40.0 Å². The van der Waals surface area contributed by atoms with Gasteiger partial charge in [0.1, 0.15) is 6.04 Å². The first kappa shape index (κ1) is 14.6. The molecule has 2 aliphatic heterocycles. The van der Waals surface area contributed by atoms with Crippen molar-refractivity contribution in [2.45, 2.75) is 30.7 Å². The normalized spacial score (nSPS) is 26.6. The molecule has 4 rings (SSSR count). The van der Waals surface area contributed by atoms with Crippen molar-refractivity contribution < 1.29 is 9.59 Å². The molecule has 0 spiro atoms. The van der Waals surface area contributed by atoms with Gasteiger partial charge in [-0.15, -0.1) is 11.8 Å². The van der Waals surface area contributed by atoms with E-state index in [0.29, 0.717) is 12.2 Å². The van der Waals surface area contributed by atoms with Crippen LogP contribution < -0.4 is 5.32 Å². The van der Waals surface area contributed by atoms with E-state index in [0.717, 1.165) is 22.9 Å². The number of fused-ring (bicyclic) bond motifs is 2. The van der Waals surface area contributed by atoms with Gasteiger partial charge in [-0.1, -0.05) is 30.3 Å². The standard InChI is InChI=1S/C18H18N2O2S/c1-18-9-8-16(21)20(18)15(11-23-18)17(22)19-14-7-6-12-4-2-3-5-13(12)10-14/h2-7,10,15H,8-9,11H2,1H3,(H,19,22). The molecule has 2 amide bonds. The van der Waals surface area contributed by atoms with Gasteiger partial charge in [-0.05, 0) is 36.2 Å². The van der Waals surface area contributed by atoms with E-state index in [1.807, 2.05) is 42.5 Å². The van der Waals surface area contributed by atoms with E-state index in [-0.39, 0.29) is 22.7 Å². The zero-order valence-corrected chi connectivity index (χ0v) is 13.7. The van der Waals surface area contributed by atoms with Gasteiger partial charge in [-0.2, -0.15) is 0 Å². The summed E-state index contributed by atoms with van der Waals surface area (Å²) in [5, 5.41) is 5.21. The Hall–Kier alpha value is -2.01. The third-order valence-corrected chi connectivity index (χ3v) is 6.27. The molecule has 0 aliphatic carbocycles. The van der Waals surface area contributed by atoms with Gasteiger partial charge in [0.05, 0.1) is 4.87 Å². The number of carbonyl (C=O) groups excluding carboxylic acids is 2. The first-order valence-corrected chi connectivity index (χ1v) is 8.81. The van der Waals surface area contributed by atoms with E-state index in [2.05, 4.69) is 12.2 Å². The molecule has 5 heteroatoms. The highest BCUT2D eigenvalue weighted by Crippen LogP contribution is 2.47. The lowest BCUT2D eigenvalue weighted by molar-refractivity contribution is -0.135. The minimum Gasteiger partial charge on any atom is -0.324 e. The Kier molecular flexibility index (Phi) is 3.34. The number of nitrogens with one attached hydrogen (secondary N) is 1. The Bertz CT molecular complexity index is 806. The second-order valence-electron chi connectivity index (χ2n) is 6.32. The van der Waals surface area contributed by atoms with Crippen molar-refractivity contribution in [1.29, 1.82) is 0 Å². The number of rotatable bonds is 2. The van der Waals surface area contributed by atoms with Crippen molar-refractivity contribution in [2.75, 3.05) is 11.1 Å². The van der Waals surface area contributed by atoms with Gasteiger partial charge in [0.2, 0.25) is 11.8 Å². The Balaban J connectivity index is 1.56. The zero-order valence-electron chi connectivity index (χ0n) is 12.9. The fourth-order valence-electron chi connectivity index (χ4n) is 3.51. The smallest absolute Gasteiger partial charge is 0.248 e. The third-order valence-electron chi connectivity index (χ3n) is 4.76. The molecular formula is C18H18N2O2S. The van der Waals surface area contributed by atoms with Gasteiger partial charge in [-0.25, -0.2) is 0 Å². The Morgan fingerprint density at radius 1 is 1.26 bits per heavy atom. The van der Waals surface area contributed by atoms with Crippen molar-refractivity contribution in [3.63, 3.8) is 0 Å². The summed E-state index contributed by atoms with van der Waals surface area (Å²) >= 11 is 1.71. The second-order valence-corrected chi connectivity index (χ2v) is 7.82. The molecule has 4 nitrogen and oxygen atoms in total. The molecule has 2 atom stereocenters. The Morgan fingerprint density at radius 3 is 2.87 bits per heavy atom. The summed E-state index contributed by atoms with van der Waals surface area (Å²) in [5.74, 6) is 0.671. The van der Waals surface area contributed by atoms with E-state index in [1.54, 1.807) is 16.7 Å². The maximum absolute atomic E-state index is 12.7. The topological polar surface area (TPSA) is 49.4 Å². The van der Waals surface area contributed by atoms with E-state index in [4.69, 9.17) is 0 Å². The SMILES string of the molecule is CC12CCC(=O)N1C(C(=O)Nc1ccc3ccccc3c1)CS2. The van der Waals surface area contributed by atoms with Gasteiger partial charge in [0.15, 0.2) is 0 Å². The number of amides is 2. The van der Waals surface area contributed by atoms with Gasteiger partial charge >= 0.3 is 0 Å². The lowest BCUT2D eigenvalue weighted by Crippen LogP contribution is -2.48. The number of hydrogen-bond acceptors (Lipinski definition) is 3. The molecule has 23 heavy (non-hydrogen) atoms. The monoisotopic (exact) mass is 326 g/mol. The number of nitrogens with zero attached hydrogens (tertiary/aromatic N) is 1. The number of thioether (sulfide) groups is 1. The molecule has 2 saturated heterocycles. The first-order chi connectivity index (χ1) is 11.1. The van der Waals surface area contributed by atoms with Crippen LogP contribution >= 0.6 is 11.8 Å². The average Bonchev–Trinajstić information content (AvgIpc) is 3.04. The van der Waals surface area contributed by atoms with Crippen LogP contribution in [0, 0.1) is 0 Å². The van der Waals surface area contributed by atoms with Crippen molar-refractivity contribution in [1.82, 2.24) is 4.90 Å². The minimum absolute atomic E-state index is 0.0910. The maximum atomic E-state index is 12.7. The highest BCUT2D eigenvalue weighted by atomic mass is 32.2. The first-order valence-electron chi connectivity index (χ1n) is 7.83. The molecule has 0 radical (unpaired) electrons. The summed E-state index contributed by atoms with van der Waals surface area (Å²) in [6, 6.07) is 13.6. The number of benzene rings is 2. The minimum atomic E-state index is -0.369. The number of carbonyl (C=O) groups is 2. The molecular weight excluding hydrogens is 308 g/mol. The largest absolute Gasteiger partial charge is 0.324 e. The average molecular weight is 326 g/mol. The zero-order chi connectivity index (χ0) is 16.0. The molecule has 0 aromatic heterocycles. The van der Waals surface area contributed by atoms with Crippen LogP contribution in [0.1, 0.15) is 19.8 Å². The number of hydrogen-bond donors (Lipinski definition) is 1. The molecule has 0 bridgehead atoms. The maximum Gasteiger partial charge on any atom is 0.248 e. The van der Waals surface area contributed by atoms with Crippen molar-refractivity contribution in [2.24, 2.45) is 0 Å². The Morgan fingerprint density at radius 2 is 2.04 bits per heavy atom. The van der Waals surface area contributed by atoms with Crippen molar-refractivity contribution in [3.8, 4) is 0 Å². The van der Waals surface area contributed by atoms with E-state index < -0.39 is 0 Å². The van der Waals surface area contributed by atoms with E-state index in [1.165, 1.54) is 0 Å². The molecule has 0 saturated carbocycles. The summed E-state index contributed by atoms with van der Waals surface area (Å²) in [6.07, 6.45) is 1.37. The van der Waals surface area contributed by atoms with Crippen LogP contribution in [0.2, 0.25) is 0 Å². The van der Waals surface area contributed by atoms with E-state index >= 15 is 0 Å². The molecule has 2 aromatic rings. The van der Waals surface area contributed by atoms with Crippen LogP contribution in [0.4, 0.5) is 5.69 Å². The van der Waals surface area contributed by atoms with Gasteiger partial charge < -0.3 is 10.2 Å². The van der Waals surface area contributed by atoms with Crippen LogP contribution in [0.25, 0.3) is 10.8 Å². The van der Waals surface area contributed by atoms with Crippen LogP contribution in [0.3, 0.4) is 0 Å². The van der Waals surface area contributed by atoms with Gasteiger partial charge in [0.25, 0.3) is 0 Å². The van der Waals surface area contributed by atoms with E-state index in [9.17, 15) is 9.59 Å². The number of anilines is 1. The van der Waals surface area contributed by atoms with Crippen LogP contribution in [-0.4, -0.2) is 33.4 Å². The van der Waals surface area contributed by atoms with Crippen molar-refractivity contribution in [3.05, 3.63) is 42.5 Å². The second kappa shape index (κ2) is 5.27. The third kappa shape index (κ3) is 2.39. The highest BCUT2D eigenvalue weighted by molar-refractivity contribution is 8.01. The van der Waals surface area contributed by atoms with Gasteiger partial charge in [-0.3, -0.25) is 9.59 Å². The van der Waals surface area contributed by atoms with Gasteiger partial charge in [0, 0.05) is 17.9 Å². The molecule has 2 fully saturated rings. The summed E-state index contributed by atoms with van der Waals surface area (Å²) < 4.78 is 0. The summed E-state index contributed by atoms with van der Waals surface area (Å²) in [6.45, 7) is 2.06. The molecule has 1 N–H and O–H groups in total. The van der Waals surface area contributed by atoms with Crippen LogP contribution in [0.5, 0.6) is 0 Å². The predicted molar refractivity (Wildman–Crippen MR) is 93.3 cm³/mol. The molecule has 2 unspecified atom stereocenters. The molecule has 2 aliphatic rings. The fraction of sp³-hybridized carbons (Fsp3) is 0.333. The summed E-state index contributed by atoms with van der Waals surface area (Å²) in [5.41, 5.74) is 0.777. The fourth-order valence-corrected chi connectivity index (χ4v) is 4.94.